The molecule has 0 aliphatic carbocycles. The molecule has 4 heteroatoms. The molecule has 4 nitrogen and oxygen atoms in total. The standard InChI is InChI=1S/C18H26N4/c1-14-4-5-16-6-7-17(20-18(16)15(14)2)22-12-10-21(11-13-22)9-3-8-19/h4-7H,3,8-13,19H2,1-2H3. The van der Waals surface area contributed by atoms with Crippen molar-refractivity contribution in [3.05, 3.63) is 35.4 Å². The molecule has 3 rings (SSSR count). The molecule has 0 atom stereocenters. The zero-order valence-electron chi connectivity index (χ0n) is 13.7. The van der Waals surface area contributed by atoms with Crippen LogP contribution in [0.2, 0.25) is 0 Å². The Kier molecular flexibility index (Phi) is 4.60. The number of nitrogens with two attached hydrogens (primary N) is 1. The average molecular weight is 298 g/mol. The fourth-order valence-corrected chi connectivity index (χ4v) is 3.11. The minimum Gasteiger partial charge on any atom is -0.354 e. The largest absolute Gasteiger partial charge is 0.354 e. The van der Waals surface area contributed by atoms with Gasteiger partial charge in [0.2, 0.25) is 0 Å². The first-order valence-electron chi connectivity index (χ1n) is 8.23. The SMILES string of the molecule is Cc1ccc2ccc(N3CCN(CCCN)CC3)nc2c1C. The molecule has 0 unspecified atom stereocenters. The Labute approximate surface area is 132 Å². The van der Waals surface area contributed by atoms with E-state index in [4.69, 9.17) is 10.7 Å². The molecule has 1 saturated heterocycles. The number of fused-ring (bicyclic) bond motifs is 1. The van der Waals surface area contributed by atoms with Crippen LogP contribution < -0.4 is 10.6 Å². The highest BCUT2D eigenvalue weighted by molar-refractivity contribution is 5.84. The summed E-state index contributed by atoms with van der Waals surface area (Å²) >= 11 is 0. The summed E-state index contributed by atoms with van der Waals surface area (Å²) < 4.78 is 0. The molecule has 2 N–H and O–H groups in total. The summed E-state index contributed by atoms with van der Waals surface area (Å²) in [6.07, 6.45) is 1.09. The third-order valence-electron chi connectivity index (χ3n) is 4.75. The van der Waals surface area contributed by atoms with Crippen molar-refractivity contribution in [2.24, 2.45) is 5.73 Å². The van der Waals surface area contributed by atoms with E-state index in [0.29, 0.717) is 0 Å². The van der Waals surface area contributed by atoms with Crippen molar-refractivity contribution >= 4 is 16.7 Å². The second-order valence-electron chi connectivity index (χ2n) is 6.22. The van der Waals surface area contributed by atoms with Gasteiger partial charge in [-0.1, -0.05) is 12.1 Å². The lowest BCUT2D eigenvalue weighted by atomic mass is 10.1. The minimum absolute atomic E-state index is 0.783. The second kappa shape index (κ2) is 6.63. The van der Waals surface area contributed by atoms with Crippen LogP contribution in [-0.4, -0.2) is 49.2 Å². The van der Waals surface area contributed by atoms with E-state index >= 15 is 0 Å². The van der Waals surface area contributed by atoms with Gasteiger partial charge in [0.25, 0.3) is 0 Å². The van der Waals surface area contributed by atoms with Crippen molar-refractivity contribution in [1.82, 2.24) is 9.88 Å². The molecular formula is C18H26N4. The highest BCUT2D eigenvalue weighted by Crippen LogP contribution is 2.23. The topological polar surface area (TPSA) is 45.4 Å². The highest BCUT2D eigenvalue weighted by atomic mass is 15.3. The van der Waals surface area contributed by atoms with Crippen LogP contribution in [-0.2, 0) is 0 Å². The monoisotopic (exact) mass is 298 g/mol. The highest BCUT2D eigenvalue weighted by Gasteiger charge is 2.18. The van der Waals surface area contributed by atoms with Crippen molar-refractivity contribution < 1.29 is 0 Å². The molecule has 1 aliphatic heterocycles. The molecular weight excluding hydrogens is 272 g/mol. The Bertz CT molecular complexity index is 645. The van der Waals surface area contributed by atoms with Gasteiger partial charge in [-0.05, 0) is 56.6 Å². The van der Waals surface area contributed by atoms with Crippen LogP contribution in [0.15, 0.2) is 24.3 Å². The van der Waals surface area contributed by atoms with E-state index in [1.165, 1.54) is 16.5 Å². The van der Waals surface area contributed by atoms with Gasteiger partial charge in [0.05, 0.1) is 5.52 Å². The predicted octanol–water partition coefficient (Wildman–Crippen LogP) is 2.32. The molecule has 22 heavy (non-hydrogen) atoms. The van der Waals surface area contributed by atoms with Crippen molar-refractivity contribution in [3.8, 4) is 0 Å². The zero-order chi connectivity index (χ0) is 15.5. The number of piperazine rings is 1. The second-order valence-corrected chi connectivity index (χ2v) is 6.22. The number of rotatable bonds is 4. The van der Waals surface area contributed by atoms with Crippen LogP contribution in [0.1, 0.15) is 17.5 Å². The number of aryl methyl sites for hydroxylation is 2. The molecule has 2 heterocycles. The Hall–Kier alpha value is -1.65. The molecule has 0 bridgehead atoms. The summed E-state index contributed by atoms with van der Waals surface area (Å²) in [4.78, 5) is 9.84. The number of benzene rings is 1. The van der Waals surface area contributed by atoms with Crippen LogP contribution >= 0.6 is 0 Å². The number of hydrogen-bond donors (Lipinski definition) is 1. The number of aromatic nitrogens is 1. The van der Waals surface area contributed by atoms with Gasteiger partial charge in [-0.25, -0.2) is 4.98 Å². The predicted molar refractivity (Wildman–Crippen MR) is 93.5 cm³/mol. The number of nitrogens with zero attached hydrogens (tertiary/aromatic N) is 3. The number of hydrogen-bond acceptors (Lipinski definition) is 4. The maximum Gasteiger partial charge on any atom is 0.129 e. The van der Waals surface area contributed by atoms with Gasteiger partial charge in [0.1, 0.15) is 5.82 Å². The van der Waals surface area contributed by atoms with Gasteiger partial charge in [0, 0.05) is 31.6 Å². The van der Waals surface area contributed by atoms with Crippen molar-refractivity contribution in [2.75, 3.05) is 44.2 Å². The molecule has 1 aromatic heterocycles. The van der Waals surface area contributed by atoms with Crippen molar-refractivity contribution in [3.63, 3.8) is 0 Å². The van der Waals surface area contributed by atoms with Crippen LogP contribution in [0.4, 0.5) is 5.82 Å². The lowest BCUT2D eigenvalue weighted by molar-refractivity contribution is 0.256. The first-order chi connectivity index (χ1) is 10.7. The molecule has 0 saturated carbocycles. The van der Waals surface area contributed by atoms with E-state index in [0.717, 1.165) is 57.0 Å². The molecule has 0 spiro atoms. The van der Waals surface area contributed by atoms with E-state index in [1.54, 1.807) is 0 Å². The summed E-state index contributed by atoms with van der Waals surface area (Å²) in [5.74, 6) is 1.11. The van der Waals surface area contributed by atoms with Crippen molar-refractivity contribution in [1.29, 1.82) is 0 Å². The number of anilines is 1. The maximum absolute atomic E-state index is 5.60. The van der Waals surface area contributed by atoms with Crippen LogP contribution in [0.25, 0.3) is 10.9 Å². The van der Waals surface area contributed by atoms with Crippen LogP contribution in [0.5, 0.6) is 0 Å². The average Bonchev–Trinajstić information content (AvgIpc) is 2.57. The number of pyridine rings is 1. The van der Waals surface area contributed by atoms with Crippen LogP contribution in [0.3, 0.4) is 0 Å². The van der Waals surface area contributed by atoms with E-state index in [1.807, 2.05) is 0 Å². The summed E-state index contributed by atoms with van der Waals surface area (Å²) in [5.41, 5.74) is 9.34. The summed E-state index contributed by atoms with van der Waals surface area (Å²) in [6.45, 7) is 10.5. The Balaban J connectivity index is 1.76. The molecule has 1 aromatic carbocycles. The molecule has 1 aliphatic rings. The smallest absolute Gasteiger partial charge is 0.129 e. The lowest BCUT2D eigenvalue weighted by Crippen LogP contribution is -2.47. The van der Waals surface area contributed by atoms with E-state index in [2.05, 4.69) is 47.9 Å². The van der Waals surface area contributed by atoms with Gasteiger partial charge in [0.15, 0.2) is 0 Å². The first kappa shape index (κ1) is 15.3. The maximum atomic E-state index is 5.60. The van der Waals surface area contributed by atoms with Gasteiger partial charge in [-0.3, -0.25) is 4.90 Å². The third-order valence-corrected chi connectivity index (χ3v) is 4.75. The fraction of sp³-hybridized carbons (Fsp3) is 0.500. The summed E-state index contributed by atoms with van der Waals surface area (Å²) in [5, 5.41) is 1.23. The van der Waals surface area contributed by atoms with Gasteiger partial charge >= 0.3 is 0 Å². The van der Waals surface area contributed by atoms with Gasteiger partial charge in [-0.2, -0.15) is 0 Å². The fourth-order valence-electron chi connectivity index (χ4n) is 3.11. The molecule has 2 aromatic rings. The van der Waals surface area contributed by atoms with Gasteiger partial charge in [-0.15, -0.1) is 0 Å². The van der Waals surface area contributed by atoms with Crippen molar-refractivity contribution in [2.45, 2.75) is 20.3 Å². The van der Waals surface area contributed by atoms with E-state index < -0.39 is 0 Å². The third kappa shape index (κ3) is 3.08. The quantitative estimate of drug-likeness (QED) is 0.941. The van der Waals surface area contributed by atoms with E-state index in [-0.39, 0.29) is 0 Å². The van der Waals surface area contributed by atoms with E-state index in [9.17, 15) is 0 Å². The molecule has 0 radical (unpaired) electrons. The Morgan fingerprint density at radius 1 is 1.05 bits per heavy atom. The minimum atomic E-state index is 0.783. The molecule has 1 fully saturated rings. The molecule has 0 amide bonds. The van der Waals surface area contributed by atoms with Gasteiger partial charge < -0.3 is 10.6 Å². The Morgan fingerprint density at radius 2 is 1.77 bits per heavy atom. The lowest BCUT2D eigenvalue weighted by Gasteiger charge is -2.35. The summed E-state index contributed by atoms with van der Waals surface area (Å²) in [7, 11) is 0. The summed E-state index contributed by atoms with van der Waals surface area (Å²) in [6, 6.07) is 8.70. The molecule has 118 valence electrons. The normalized spacial score (nSPS) is 16.4. The zero-order valence-corrected chi connectivity index (χ0v) is 13.7. The Morgan fingerprint density at radius 3 is 2.50 bits per heavy atom. The van der Waals surface area contributed by atoms with Crippen LogP contribution in [0, 0.1) is 13.8 Å². The first-order valence-corrected chi connectivity index (χ1v) is 8.23.